The van der Waals surface area contributed by atoms with Gasteiger partial charge in [-0.3, -0.25) is 4.79 Å². The number of esters is 1. The second-order valence-electron chi connectivity index (χ2n) is 3.49. The Hall–Kier alpha value is -0.180. The van der Waals surface area contributed by atoms with Gasteiger partial charge in [0.2, 0.25) is 0 Å². The van der Waals surface area contributed by atoms with Crippen LogP contribution in [0.4, 0.5) is 0 Å². The van der Waals surface area contributed by atoms with Crippen LogP contribution in [0.2, 0.25) is 0 Å². The highest BCUT2D eigenvalue weighted by molar-refractivity contribution is 8.01. The van der Waals surface area contributed by atoms with Gasteiger partial charge in [-0.15, -0.1) is 11.8 Å². The summed E-state index contributed by atoms with van der Waals surface area (Å²) in [5, 5.41) is 0.0520. The van der Waals surface area contributed by atoms with Gasteiger partial charge in [0.15, 0.2) is 0 Å². The summed E-state index contributed by atoms with van der Waals surface area (Å²) in [7, 11) is 0. The molecule has 0 aromatic carbocycles. The van der Waals surface area contributed by atoms with E-state index in [2.05, 4.69) is 6.92 Å². The number of carbonyl (C=O) groups excluding carboxylic acids is 1. The first-order valence-corrected chi connectivity index (χ1v) is 6.04. The van der Waals surface area contributed by atoms with E-state index in [1.165, 1.54) is 25.7 Å². The van der Waals surface area contributed by atoms with Gasteiger partial charge in [0, 0.05) is 0 Å². The maximum Gasteiger partial charge on any atom is 0.320 e. The van der Waals surface area contributed by atoms with Crippen LogP contribution >= 0.6 is 11.8 Å². The van der Waals surface area contributed by atoms with Crippen molar-refractivity contribution in [3.8, 4) is 0 Å². The quantitative estimate of drug-likeness (QED) is 0.506. The zero-order chi connectivity index (χ0) is 9.68. The molecule has 1 heterocycles. The molecule has 2 atom stereocenters. The highest BCUT2D eigenvalue weighted by Gasteiger charge is 2.30. The maximum atomic E-state index is 11.0. The SMILES string of the molecule is CCCCCCC1OC(=O)C(C)S1. The Labute approximate surface area is 84.4 Å². The molecule has 0 radical (unpaired) electrons. The van der Waals surface area contributed by atoms with Gasteiger partial charge in [-0.2, -0.15) is 0 Å². The molecule has 2 nitrogen and oxygen atoms in total. The third kappa shape index (κ3) is 3.59. The first kappa shape index (κ1) is 10.9. The summed E-state index contributed by atoms with van der Waals surface area (Å²) in [6.45, 7) is 4.12. The molecule has 0 saturated carbocycles. The molecular weight excluding hydrogens is 184 g/mol. The Kier molecular flexibility index (Phi) is 4.64. The standard InChI is InChI=1S/C10H18O2S/c1-3-4-5-6-7-9-12-10(11)8(2)13-9/h8-9H,3-7H2,1-2H3. The maximum absolute atomic E-state index is 11.0. The van der Waals surface area contributed by atoms with Crippen molar-refractivity contribution >= 4 is 17.7 Å². The first-order valence-electron chi connectivity index (χ1n) is 5.10. The van der Waals surface area contributed by atoms with Gasteiger partial charge in [0.1, 0.15) is 10.7 Å². The number of ether oxygens (including phenoxy) is 1. The van der Waals surface area contributed by atoms with Crippen LogP contribution < -0.4 is 0 Å². The number of carbonyl (C=O) groups is 1. The van der Waals surface area contributed by atoms with Crippen LogP contribution in [-0.4, -0.2) is 16.7 Å². The van der Waals surface area contributed by atoms with E-state index in [1.54, 1.807) is 11.8 Å². The fourth-order valence-corrected chi connectivity index (χ4v) is 2.48. The van der Waals surface area contributed by atoms with E-state index >= 15 is 0 Å². The van der Waals surface area contributed by atoms with Gasteiger partial charge in [-0.1, -0.05) is 26.2 Å². The van der Waals surface area contributed by atoms with Gasteiger partial charge in [-0.25, -0.2) is 0 Å². The Morgan fingerprint density at radius 2 is 2.15 bits per heavy atom. The van der Waals surface area contributed by atoms with Crippen LogP contribution in [0.15, 0.2) is 0 Å². The highest BCUT2D eigenvalue weighted by atomic mass is 32.2. The van der Waals surface area contributed by atoms with E-state index < -0.39 is 0 Å². The molecule has 0 aliphatic carbocycles. The smallest absolute Gasteiger partial charge is 0.320 e. The van der Waals surface area contributed by atoms with Crippen molar-refractivity contribution in [3.05, 3.63) is 0 Å². The minimum absolute atomic E-state index is 0.0366. The summed E-state index contributed by atoms with van der Waals surface area (Å²) < 4.78 is 5.18. The molecule has 1 aliphatic rings. The predicted octanol–water partition coefficient (Wildman–Crippen LogP) is 2.96. The van der Waals surface area contributed by atoms with Crippen molar-refractivity contribution in [2.75, 3.05) is 0 Å². The van der Waals surface area contributed by atoms with Crippen molar-refractivity contribution in [1.29, 1.82) is 0 Å². The van der Waals surface area contributed by atoms with Crippen LogP contribution in [0, 0.1) is 0 Å². The molecule has 0 aromatic heterocycles. The van der Waals surface area contributed by atoms with Gasteiger partial charge in [0.25, 0.3) is 0 Å². The van der Waals surface area contributed by atoms with E-state index in [-0.39, 0.29) is 16.7 Å². The number of thioether (sulfide) groups is 1. The number of rotatable bonds is 5. The van der Waals surface area contributed by atoms with Crippen LogP contribution in [0.25, 0.3) is 0 Å². The summed E-state index contributed by atoms with van der Waals surface area (Å²) in [5.74, 6) is -0.0366. The molecule has 76 valence electrons. The first-order chi connectivity index (χ1) is 6.24. The number of unbranched alkanes of at least 4 members (excludes halogenated alkanes) is 3. The Morgan fingerprint density at radius 3 is 2.69 bits per heavy atom. The molecule has 2 unspecified atom stereocenters. The zero-order valence-corrected chi connectivity index (χ0v) is 9.23. The zero-order valence-electron chi connectivity index (χ0n) is 8.41. The van der Waals surface area contributed by atoms with E-state index in [0.29, 0.717) is 0 Å². The van der Waals surface area contributed by atoms with Gasteiger partial charge >= 0.3 is 5.97 Å². The summed E-state index contributed by atoms with van der Waals surface area (Å²) >= 11 is 1.66. The minimum atomic E-state index is -0.0366. The molecule has 0 spiro atoms. The molecular formula is C10H18O2S. The molecule has 0 aromatic rings. The fraction of sp³-hybridized carbons (Fsp3) is 0.900. The van der Waals surface area contributed by atoms with Crippen LogP contribution in [0.1, 0.15) is 46.0 Å². The van der Waals surface area contributed by atoms with Crippen LogP contribution in [0.5, 0.6) is 0 Å². The van der Waals surface area contributed by atoms with Crippen LogP contribution in [0.3, 0.4) is 0 Å². The molecule has 13 heavy (non-hydrogen) atoms. The second-order valence-corrected chi connectivity index (χ2v) is 5.00. The number of hydrogen-bond acceptors (Lipinski definition) is 3. The van der Waals surface area contributed by atoms with Crippen molar-refractivity contribution in [2.45, 2.75) is 56.6 Å². The van der Waals surface area contributed by atoms with Crippen molar-refractivity contribution in [2.24, 2.45) is 0 Å². The molecule has 0 N–H and O–H groups in total. The minimum Gasteiger partial charge on any atom is -0.450 e. The molecule has 1 fully saturated rings. The number of hydrogen-bond donors (Lipinski definition) is 0. The van der Waals surface area contributed by atoms with Crippen molar-refractivity contribution in [3.63, 3.8) is 0 Å². The lowest BCUT2D eigenvalue weighted by molar-refractivity contribution is -0.142. The topological polar surface area (TPSA) is 26.3 Å². The number of cyclic esters (lactones) is 1. The average molecular weight is 202 g/mol. The lowest BCUT2D eigenvalue weighted by Crippen LogP contribution is -2.07. The molecule has 1 aliphatic heterocycles. The van der Waals surface area contributed by atoms with E-state index in [4.69, 9.17) is 4.74 Å². The van der Waals surface area contributed by atoms with Crippen molar-refractivity contribution in [1.82, 2.24) is 0 Å². The third-order valence-corrected chi connectivity index (χ3v) is 3.46. The summed E-state index contributed by atoms with van der Waals surface area (Å²) in [4.78, 5) is 11.0. The molecule has 0 amide bonds. The van der Waals surface area contributed by atoms with Gasteiger partial charge in [-0.05, 0) is 19.8 Å². The summed E-state index contributed by atoms with van der Waals surface area (Å²) in [6.07, 6.45) is 6.03. The highest BCUT2D eigenvalue weighted by Crippen LogP contribution is 2.31. The van der Waals surface area contributed by atoms with Gasteiger partial charge in [0.05, 0.1) is 0 Å². The fourth-order valence-electron chi connectivity index (χ4n) is 1.40. The summed E-state index contributed by atoms with van der Waals surface area (Å²) in [6, 6.07) is 0. The second kappa shape index (κ2) is 5.53. The Morgan fingerprint density at radius 1 is 1.38 bits per heavy atom. The molecule has 1 saturated heterocycles. The molecule has 0 bridgehead atoms. The third-order valence-electron chi connectivity index (χ3n) is 2.23. The molecule has 3 heteroatoms. The summed E-state index contributed by atoms with van der Waals surface area (Å²) in [5.41, 5.74) is 0.138. The van der Waals surface area contributed by atoms with Gasteiger partial charge < -0.3 is 4.74 Å². The lowest BCUT2D eigenvalue weighted by atomic mass is 10.2. The van der Waals surface area contributed by atoms with E-state index in [0.717, 1.165) is 6.42 Å². The predicted molar refractivity (Wildman–Crippen MR) is 55.7 cm³/mol. The normalized spacial score (nSPS) is 27.7. The lowest BCUT2D eigenvalue weighted by Gasteiger charge is -2.06. The average Bonchev–Trinajstić information content (AvgIpc) is 2.41. The Bertz CT molecular complexity index is 170. The molecule has 1 rings (SSSR count). The van der Waals surface area contributed by atoms with Crippen LogP contribution in [-0.2, 0) is 9.53 Å². The monoisotopic (exact) mass is 202 g/mol. The van der Waals surface area contributed by atoms with Crippen molar-refractivity contribution < 1.29 is 9.53 Å². The van der Waals surface area contributed by atoms with E-state index in [9.17, 15) is 4.79 Å². The largest absolute Gasteiger partial charge is 0.450 e. The Balaban J connectivity index is 2.07. The van der Waals surface area contributed by atoms with E-state index in [1.807, 2.05) is 6.92 Å².